The highest BCUT2D eigenvalue weighted by atomic mass is 32.2. The van der Waals surface area contributed by atoms with Crippen LogP contribution in [0.5, 0.6) is 0 Å². The lowest BCUT2D eigenvalue weighted by molar-refractivity contribution is -0.140. The molecule has 0 aliphatic heterocycles. The van der Waals surface area contributed by atoms with Crippen LogP contribution in [-0.4, -0.2) is 43.8 Å². The molecule has 0 saturated heterocycles. The van der Waals surface area contributed by atoms with E-state index in [1.165, 1.54) is 4.90 Å². The Morgan fingerprint density at radius 3 is 1.95 bits per heavy atom. The molecular formula is C35H39N3O4S. The molecule has 224 valence electrons. The largest absolute Gasteiger partial charge is 0.352 e. The van der Waals surface area contributed by atoms with Crippen molar-refractivity contribution in [3.05, 3.63) is 131 Å². The van der Waals surface area contributed by atoms with Gasteiger partial charge in [-0.05, 0) is 68.7 Å². The van der Waals surface area contributed by atoms with Crippen LogP contribution < -0.4 is 9.62 Å². The first-order valence-electron chi connectivity index (χ1n) is 14.4. The van der Waals surface area contributed by atoms with Crippen molar-refractivity contribution in [1.82, 2.24) is 10.2 Å². The average molecular weight is 598 g/mol. The molecule has 1 atom stereocenters. The molecular weight excluding hydrogens is 558 g/mol. The van der Waals surface area contributed by atoms with Gasteiger partial charge in [0.25, 0.3) is 10.0 Å². The summed E-state index contributed by atoms with van der Waals surface area (Å²) in [5, 5.41) is 2.98. The molecule has 0 saturated carbocycles. The van der Waals surface area contributed by atoms with E-state index in [1.807, 2.05) is 82.3 Å². The molecule has 4 aromatic carbocycles. The molecule has 0 aliphatic rings. The summed E-state index contributed by atoms with van der Waals surface area (Å²) in [6.45, 7) is 7.24. The molecule has 0 bridgehead atoms. The zero-order valence-corrected chi connectivity index (χ0v) is 25.9. The number of rotatable bonds is 12. The lowest BCUT2D eigenvalue weighted by Gasteiger charge is -2.34. The lowest BCUT2D eigenvalue weighted by Crippen LogP contribution is -2.54. The molecule has 0 spiro atoms. The van der Waals surface area contributed by atoms with E-state index in [9.17, 15) is 18.0 Å². The topological polar surface area (TPSA) is 86.8 Å². The summed E-state index contributed by atoms with van der Waals surface area (Å²) in [6, 6.07) is 31.3. The van der Waals surface area contributed by atoms with Gasteiger partial charge in [-0.1, -0.05) is 90.5 Å². The van der Waals surface area contributed by atoms with Crippen LogP contribution in [0.3, 0.4) is 0 Å². The SMILES string of the molecule is Cc1ccc(S(=O)(=O)N(CC(=O)N(Cc2ccccc2C)[C@H](Cc2ccccc2)C(=O)NC(C)C)c2ccccc2)cc1. The summed E-state index contributed by atoms with van der Waals surface area (Å²) in [7, 11) is -4.12. The third-order valence-electron chi connectivity index (χ3n) is 7.24. The number of benzene rings is 4. The smallest absolute Gasteiger partial charge is 0.264 e. The number of anilines is 1. The molecule has 4 rings (SSSR count). The number of para-hydroxylation sites is 1. The van der Waals surface area contributed by atoms with E-state index in [0.717, 1.165) is 26.6 Å². The number of aryl methyl sites for hydroxylation is 2. The van der Waals surface area contributed by atoms with Crippen molar-refractivity contribution in [1.29, 1.82) is 0 Å². The molecule has 0 aliphatic carbocycles. The Kier molecular flexibility index (Phi) is 10.4. The van der Waals surface area contributed by atoms with Gasteiger partial charge >= 0.3 is 0 Å². The van der Waals surface area contributed by atoms with Crippen molar-refractivity contribution in [2.24, 2.45) is 0 Å². The van der Waals surface area contributed by atoms with E-state index < -0.39 is 28.5 Å². The highest BCUT2D eigenvalue weighted by Gasteiger charge is 2.35. The average Bonchev–Trinajstić information content (AvgIpc) is 2.99. The van der Waals surface area contributed by atoms with Gasteiger partial charge in [0.1, 0.15) is 12.6 Å². The third kappa shape index (κ3) is 8.11. The fourth-order valence-corrected chi connectivity index (χ4v) is 6.28. The first kappa shape index (κ1) is 31.5. The molecule has 8 heteroatoms. The number of nitrogens with one attached hydrogen (secondary N) is 1. The Labute approximate surface area is 255 Å². The van der Waals surface area contributed by atoms with Crippen molar-refractivity contribution >= 4 is 27.5 Å². The van der Waals surface area contributed by atoms with Crippen LogP contribution in [0.2, 0.25) is 0 Å². The highest BCUT2D eigenvalue weighted by molar-refractivity contribution is 7.92. The van der Waals surface area contributed by atoms with Crippen molar-refractivity contribution in [3.8, 4) is 0 Å². The maximum absolute atomic E-state index is 14.4. The Morgan fingerprint density at radius 2 is 1.35 bits per heavy atom. The number of carbonyl (C=O) groups excluding carboxylic acids is 2. The van der Waals surface area contributed by atoms with E-state index in [0.29, 0.717) is 5.69 Å². The fourth-order valence-electron chi connectivity index (χ4n) is 4.87. The predicted molar refractivity (Wildman–Crippen MR) is 171 cm³/mol. The molecule has 43 heavy (non-hydrogen) atoms. The first-order chi connectivity index (χ1) is 20.6. The van der Waals surface area contributed by atoms with Gasteiger partial charge in [0.05, 0.1) is 10.6 Å². The molecule has 7 nitrogen and oxygen atoms in total. The van der Waals surface area contributed by atoms with Crippen LogP contribution in [0.25, 0.3) is 0 Å². The van der Waals surface area contributed by atoms with Gasteiger partial charge in [0.15, 0.2) is 0 Å². The summed E-state index contributed by atoms with van der Waals surface area (Å²) >= 11 is 0. The molecule has 0 radical (unpaired) electrons. The van der Waals surface area contributed by atoms with Crippen LogP contribution in [0.15, 0.2) is 114 Å². The number of hydrogen-bond donors (Lipinski definition) is 1. The quantitative estimate of drug-likeness (QED) is 0.228. The lowest BCUT2D eigenvalue weighted by atomic mass is 10.0. The maximum atomic E-state index is 14.4. The van der Waals surface area contributed by atoms with Gasteiger partial charge in [-0.25, -0.2) is 8.42 Å². The van der Waals surface area contributed by atoms with Crippen molar-refractivity contribution in [2.75, 3.05) is 10.8 Å². The minimum Gasteiger partial charge on any atom is -0.352 e. The van der Waals surface area contributed by atoms with Crippen LogP contribution in [0, 0.1) is 13.8 Å². The summed E-state index contributed by atoms with van der Waals surface area (Å²) in [5.74, 6) is -0.781. The predicted octanol–water partition coefficient (Wildman–Crippen LogP) is 5.66. The Hall–Kier alpha value is -4.43. The van der Waals surface area contributed by atoms with E-state index in [2.05, 4.69) is 5.32 Å². The minimum atomic E-state index is -4.12. The van der Waals surface area contributed by atoms with Crippen LogP contribution in [-0.2, 0) is 32.6 Å². The molecule has 0 unspecified atom stereocenters. The Bertz CT molecular complexity index is 1620. The van der Waals surface area contributed by atoms with Gasteiger partial charge in [-0.15, -0.1) is 0 Å². The Morgan fingerprint density at radius 1 is 0.767 bits per heavy atom. The standard InChI is InChI=1S/C35H39N3O4S/c1-26(2)36-35(40)33(23-29-14-7-5-8-15-29)37(24-30-16-12-11-13-28(30)4)34(39)25-38(31-17-9-6-10-18-31)43(41,42)32-21-19-27(3)20-22-32/h5-22,26,33H,23-25H2,1-4H3,(H,36,40)/t33-/m1/s1. The molecule has 4 aromatic rings. The number of sulfonamides is 1. The second-order valence-corrected chi connectivity index (χ2v) is 12.8. The zero-order chi connectivity index (χ0) is 31.0. The van der Waals surface area contributed by atoms with Gasteiger partial charge in [-0.2, -0.15) is 0 Å². The number of amides is 2. The monoisotopic (exact) mass is 597 g/mol. The maximum Gasteiger partial charge on any atom is 0.264 e. The van der Waals surface area contributed by atoms with Gasteiger partial charge in [0, 0.05) is 19.0 Å². The van der Waals surface area contributed by atoms with E-state index in [4.69, 9.17) is 0 Å². The minimum absolute atomic E-state index is 0.0820. The zero-order valence-electron chi connectivity index (χ0n) is 25.1. The van der Waals surface area contributed by atoms with Crippen molar-refractivity contribution in [3.63, 3.8) is 0 Å². The van der Waals surface area contributed by atoms with Crippen LogP contribution >= 0.6 is 0 Å². The van der Waals surface area contributed by atoms with E-state index >= 15 is 0 Å². The van der Waals surface area contributed by atoms with Crippen LogP contribution in [0.1, 0.15) is 36.1 Å². The summed E-state index contributed by atoms with van der Waals surface area (Å²) in [5.41, 5.74) is 4.01. The second kappa shape index (κ2) is 14.2. The van der Waals surface area contributed by atoms with Crippen LogP contribution in [0.4, 0.5) is 5.69 Å². The fraction of sp³-hybridized carbons (Fsp3) is 0.257. The third-order valence-corrected chi connectivity index (χ3v) is 9.02. The van der Waals surface area contributed by atoms with Crippen molar-refractivity contribution < 1.29 is 18.0 Å². The normalized spacial score (nSPS) is 12.0. The molecule has 2 amide bonds. The number of nitrogens with zero attached hydrogens (tertiary/aromatic N) is 2. The first-order valence-corrected chi connectivity index (χ1v) is 15.8. The van der Waals surface area contributed by atoms with E-state index in [1.54, 1.807) is 54.6 Å². The molecule has 1 N–H and O–H groups in total. The Balaban J connectivity index is 1.79. The van der Waals surface area contributed by atoms with Gasteiger partial charge in [0.2, 0.25) is 11.8 Å². The second-order valence-electron chi connectivity index (χ2n) is 11.0. The summed E-state index contributed by atoms with van der Waals surface area (Å²) in [6.07, 6.45) is 0.271. The molecule has 0 heterocycles. The number of carbonyl (C=O) groups is 2. The highest BCUT2D eigenvalue weighted by Crippen LogP contribution is 2.25. The van der Waals surface area contributed by atoms with E-state index in [-0.39, 0.29) is 29.8 Å². The van der Waals surface area contributed by atoms with Crippen molar-refractivity contribution in [2.45, 2.75) is 57.6 Å². The number of hydrogen-bond acceptors (Lipinski definition) is 4. The summed E-state index contributed by atoms with van der Waals surface area (Å²) < 4.78 is 29.2. The molecule has 0 fully saturated rings. The summed E-state index contributed by atoms with van der Waals surface area (Å²) in [4.78, 5) is 29.8. The molecule has 0 aromatic heterocycles. The van der Waals surface area contributed by atoms with Gasteiger partial charge < -0.3 is 10.2 Å². The van der Waals surface area contributed by atoms with Gasteiger partial charge in [-0.3, -0.25) is 13.9 Å².